The summed E-state index contributed by atoms with van der Waals surface area (Å²) in [6.07, 6.45) is 0.731. The van der Waals surface area contributed by atoms with Gasteiger partial charge in [-0.05, 0) is 25.2 Å². The molecule has 3 nitrogen and oxygen atoms in total. The molecule has 0 saturated carbocycles. The molecule has 0 spiro atoms. The standard InChI is InChI=1S/C13H18ClNO2/c1-3-15(4-2)8-9-17-13-7-5-6-12(14)11(13)10-16/h5-7,10H,3-4,8-9H2,1-2H3. The molecule has 0 heterocycles. The van der Waals surface area contributed by atoms with Crippen LogP contribution in [-0.2, 0) is 0 Å². The van der Waals surface area contributed by atoms with Crippen LogP contribution in [-0.4, -0.2) is 37.4 Å². The van der Waals surface area contributed by atoms with Gasteiger partial charge in [-0.25, -0.2) is 0 Å². The van der Waals surface area contributed by atoms with Crippen molar-refractivity contribution in [2.45, 2.75) is 13.8 Å². The van der Waals surface area contributed by atoms with Gasteiger partial charge in [-0.3, -0.25) is 4.79 Å². The zero-order chi connectivity index (χ0) is 12.7. The highest BCUT2D eigenvalue weighted by Gasteiger charge is 2.07. The number of rotatable bonds is 7. The fourth-order valence-electron chi connectivity index (χ4n) is 1.58. The first kappa shape index (κ1) is 14.0. The van der Waals surface area contributed by atoms with Gasteiger partial charge < -0.3 is 9.64 Å². The molecular formula is C13H18ClNO2. The Hall–Kier alpha value is -1.06. The van der Waals surface area contributed by atoms with Gasteiger partial charge in [0.05, 0.1) is 10.6 Å². The van der Waals surface area contributed by atoms with E-state index in [1.165, 1.54) is 0 Å². The van der Waals surface area contributed by atoms with Gasteiger partial charge >= 0.3 is 0 Å². The molecular weight excluding hydrogens is 238 g/mol. The Kier molecular flexibility index (Phi) is 6.01. The van der Waals surface area contributed by atoms with Crippen molar-refractivity contribution in [2.75, 3.05) is 26.2 Å². The Bertz CT molecular complexity index is 364. The van der Waals surface area contributed by atoms with Crippen molar-refractivity contribution in [1.29, 1.82) is 0 Å². The van der Waals surface area contributed by atoms with Gasteiger partial charge in [0.1, 0.15) is 12.4 Å². The molecule has 0 bridgehead atoms. The molecule has 0 aliphatic heterocycles. The van der Waals surface area contributed by atoms with Crippen molar-refractivity contribution in [3.05, 3.63) is 28.8 Å². The van der Waals surface area contributed by atoms with Crippen molar-refractivity contribution < 1.29 is 9.53 Å². The maximum atomic E-state index is 10.9. The summed E-state index contributed by atoms with van der Waals surface area (Å²) < 4.78 is 5.59. The number of aldehydes is 1. The van der Waals surface area contributed by atoms with E-state index < -0.39 is 0 Å². The van der Waals surface area contributed by atoms with E-state index in [1.54, 1.807) is 18.2 Å². The van der Waals surface area contributed by atoms with Crippen LogP contribution in [0.25, 0.3) is 0 Å². The zero-order valence-corrected chi connectivity index (χ0v) is 11.0. The quantitative estimate of drug-likeness (QED) is 0.702. The first-order valence-corrected chi connectivity index (χ1v) is 6.19. The Balaban J connectivity index is 2.57. The monoisotopic (exact) mass is 255 g/mol. The second-order valence-corrected chi connectivity index (χ2v) is 4.05. The van der Waals surface area contributed by atoms with Crippen LogP contribution in [0.15, 0.2) is 18.2 Å². The first-order chi connectivity index (χ1) is 8.22. The summed E-state index contributed by atoms with van der Waals surface area (Å²) in [4.78, 5) is 13.1. The second kappa shape index (κ2) is 7.30. The van der Waals surface area contributed by atoms with E-state index in [-0.39, 0.29) is 0 Å². The molecule has 0 amide bonds. The van der Waals surface area contributed by atoms with Crippen molar-refractivity contribution >= 4 is 17.9 Å². The zero-order valence-electron chi connectivity index (χ0n) is 10.3. The summed E-state index contributed by atoms with van der Waals surface area (Å²) in [5, 5.41) is 0.431. The Labute approximate surface area is 107 Å². The van der Waals surface area contributed by atoms with Gasteiger partial charge in [-0.1, -0.05) is 31.5 Å². The van der Waals surface area contributed by atoms with Crippen LogP contribution in [0.3, 0.4) is 0 Å². The molecule has 17 heavy (non-hydrogen) atoms. The molecule has 0 aliphatic carbocycles. The van der Waals surface area contributed by atoms with Crippen LogP contribution in [0, 0.1) is 0 Å². The number of carbonyl (C=O) groups is 1. The number of nitrogens with zero attached hydrogens (tertiary/aromatic N) is 1. The van der Waals surface area contributed by atoms with Crippen LogP contribution in [0.4, 0.5) is 0 Å². The fourth-order valence-corrected chi connectivity index (χ4v) is 1.79. The third-order valence-electron chi connectivity index (χ3n) is 2.69. The van der Waals surface area contributed by atoms with E-state index >= 15 is 0 Å². The highest BCUT2D eigenvalue weighted by atomic mass is 35.5. The van der Waals surface area contributed by atoms with Gasteiger partial charge in [0.2, 0.25) is 0 Å². The second-order valence-electron chi connectivity index (χ2n) is 3.64. The number of hydrogen-bond donors (Lipinski definition) is 0. The van der Waals surface area contributed by atoms with Crippen molar-refractivity contribution in [1.82, 2.24) is 4.90 Å². The van der Waals surface area contributed by atoms with Crippen LogP contribution < -0.4 is 4.74 Å². The van der Waals surface area contributed by atoms with Gasteiger partial charge in [0, 0.05) is 6.54 Å². The number of hydrogen-bond acceptors (Lipinski definition) is 3. The molecule has 0 N–H and O–H groups in total. The minimum Gasteiger partial charge on any atom is -0.491 e. The number of benzene rings is 1. The molecule has 0 atom stereocenters. The van der Waals surface area contributed by atoms with E-state index in [0.29, 0.717) is 22.9 Å². The normalized spacial score (nSPS) is 10.6. The third-order valence-corrected chi connectivity index (χ3v) is 3.02. The highest BCUT2D eigenvalue weighted by Crippen LogP contribution is 2.24. The van der Waals surface area contributed by atoms with Crippen LogP contribution in [0.1, 0.15) is 24.2 Å². The molecule has 0 aliphatic rings. The Morgan fingerprint density at radius 2 is 2.06 bits per heavy atom. The molecule has 94 valence electrons. The van der Waals surface area contributed by atoms with Gasteiger partial charge in [-0.2, -0.15) is 0 Å². The molecule has 1 rings (SSSR count). The van der Waals surface area contributed by atoms with E-state index in [4.69, 9.17) is 16.3 Å². The lowest BCUT2D eigenvalue weighted by Crippen LogP contribution is -2.28. The largest absolute Gasteiger partial charge is 0.491 e. The lowest BCUT2D eigenvalue weighted by atomic mass is 10.2. The fraction of sp³-hybridized carbons (Fsp3) is 0.462. The summed E-state index contributed by atoms with van der Waals surface area (Å²) in [6.45, 7) is 7.62. The molecule has 0 unspecified atom stereocenters. The van der Waals surface area contributed by atoms with E-state index in [9.17, 15) is 4.79 Å². The number of ether oxygens (including phenoxy) is 1. The Morgan fingerprint density at radius 1 is 1.35 bits per heavy atom. The molecule has 0 aromatic heterocycles. The summed E-state index contributed by atoms with van der Waals surface area (Å²) in [5.74, 6) is 0.555. The van der Waals surface area contributed by atoms with Crippen molar-refractivity contribution in [3.8, 4) is 5.75 Å². The highest BCUT2D eigenvalue weighted by molar-refractivity contribution is 6.33. The molecule has 1 aromatic carbocycles. The summed E-state index contributed by atoms with van der Waals surface area (Å²) >= 11 is 5.90. The minimum absolute atomic E-state index is 0.425. The lowest BCUT2D eigenvalue weighted by molar-refractivity contribution is 0.111. The third kappa shape index (κ3) is 4.02. The van der Waals surface area contributed by atoms with E-state index in [1.807, 2.05) is 0 Å². The molecule has 0 radical (unpaired) electrons. The van der Waals surface area contributed by atoms with E-state index in [2.05, 4.69) is 18.7 Å². The smallest absolute Gasteiger partial charge is 0.155 e. The minimum atomic E-state index is 0.425. The Morgan fingerprint density at radius 3 is 2.65 bits per heavy atom. The average Bonchev–Trinajstić information content (AvgIpc) is 2.35. The summed E-state index contributed by atoms with van der Waals surface area (Å²) in [7, 11) is 0. The molecule has 0 saturated heterocycles. The topological polar surface area (TPSA) is 29.5 Å². The molecule has 0 fully saturated rings. The van der Waals surface area contributed by atoms with Crippen LogP contribution in [0.2, 0.25) is 5.02 Å². The molecule has 1 aromatic rings. The summed E-state index contributed by atoms with van der Waals surface area (Å²) in [6, 6.07) is 5.22. The van der Waals surface area contributed by atoms with Crippen LogP contribution >= 0.6 is 11.6 Å². The number of likely N-dealkylation sites (N-methyl/N-ethyl adjacent to an activating group) is 1. The average molecular weight is 256 g/mol. The lowest BCUT2D eigenvalue weighted by Gasteiger charge is -2.18. The van der Waals surface area contributed by atoms with Crippen molar-refractivity contribution in [3.63, 3.8) is 0 Å². The SMILES string of the molecule is CCN(CC)CCOc1cccc(Cl)c1C=O. The maximum Gasteiger partial charge on any atom is 0.155 e. The van der Waals surface area contributed by atoms with E-state index in [0.717, 1.165) is 25.9 Å². The first-order valence-electron chi connectivity index (χ1n) is 5.81. The van der Waals surface area contributed by atoms with Gasteiger partial charge in [0.15, 0.2) is 6.29 Å². The van der Waals surface area contributed by atoms with Crippen molar-refractivity contribution in [2.24, 2.45) is 0 Å². The van der Waals surface area contributed by atoms with Crippen LogP contribution in [0.5, 0.6) is 5.75 Å². The number of carbonyl (C=O) groups excluding carboxylic acids is 1. The molecule has 4 heteroatoms. The van der Waals surface area contributed by atoms with Gasteiger partial charge in [-0.15, -0.1) is 0 Å². The van der Waals surface area contributed by atoms with Gasteiger partial charge in [0.25, 0.3) is 0 Å². The summed E-state index contributed by atoms with van der Waals surface area (Å²) in [5.41, 5.74) is 0.425. The maximum absolute atomic E-state index is 10.9. The number of halogens is 1. The predicted molar refractivity (Wildman–Crippen MR) is 70.1 cm³/mol. The predicted octanol–water partition coefficient (Wildman–Crippen LogP) is 2.87.